The molecule has 25 heavy (non-hydrogen) atoms. The summed E-state index contributed by atoms with van der Waals surface area (Å²) >= 11 is 0. The Morgan fingerprint density at radius 1 is 0.920 bits per heavy atom. The van der Waals surface area contributed by atoms with Gasteiger partial charge in [-0.2, -0.15) is 16.8 Å². The zero-order valence-corrected chi connectivity index (χ0v) is 16.8. The molecule has 0 spiro atoms. The van der Waals surface area contributed by atoms with Gasteiger partial charge in [-0.05, 0) is 6.42 Å². The lowest BCUT2D eigenvalue weighted by Crippen LogP contribution is -2.32. The molecule has 0 heterocycles. The first-order chi connectivity index (χ1) is 11.6. The van der Waals surface area contributed by atoms with Crippen molar-refractivity contribution in [2.45, 2.75) is 71.1 Å². The lowest BCUT2D eigenvalue weighted by atomic mass is 10.1. The summed E-state index contributed by atoms with van der Waals surface area (Å²) in [6, 6.07) is 0. The van der Waals surface area contributed by atoms with Gasteiger partial charge in [0.05, 0.1) is 5.75 Å². The van der Waals surface area contributed by atoms with Gasteiger partial charge in [-0.15, -0.1) is 3.63 Å². The second-order valence-corrected chi connectivity index (χ2v) is 9.07. The van der Waals surface area contributed by atoms with E-state index < -0.39 is 26.3 Å². The highest BCUT2D eigenvalue weighted by Crippen LogP contribution is 2.11. The molecule has 0 unspecified atom stereocenters. The average Bonchev–Trinajstić information content (AvgIpc) is 2.48. The normalized spacial score (nSPS) is 12.3. The van der Waals surface area contributed by atoms with Gasteiger partial charge in [-0.1, -0.05) is 58.3 Å². The van der Waals surface area contributed by atoms with E-state index in [4.69, 9.17) is 4.55 Å². The Balaban J connectivity index is 3.82. The number of unbranched alkanes of at least 4 members (excludes halogenated alkanes) is 8. The van der Waals surface area contributed by atoms with Crippen molar-refractivity contribution in [3.63, 3.8) is 0 Å². The predicted octanol–water partition coefficient (Wildman–Crippen LogP) is 2.51. The molecule has 0 saturated heterocycles. The summed E-state index contributed by atoms with van der Waals surface area (Å²) in [7, 11) is -8.07. The third kappa shape index (κ3) is 15.3. The zero-order valence-electron chi connectivity index (χ0n) is 15.1. The lowest BCUT2D eigenvalue weighted by molar-refractivity contribution is -0.129. The molecule has 0 atom stereocenters. The van der Waals surface area contributed by atoms with Gasteiger partial charge in [0.15, 0.2) is 0 Å². The maximum Gasteiger partial charge on any atom is 0.412 e. The van der Waals surface area contributed by atoms with Gasteiger partial charge >= 0.3 is 10.4 Å². The highest BCUT2D eigenvalue weighted by molar-refractivity contribution is 7.97. The average molecular weight is 402 g/mol. The summed E-state index contributed by atoms with van der Waals surface area (Å²) < 4.78 is 55.3. The summed E-state index contributed by atoms with van der Waals surface area (Å²) in [4.78, 5) is 13.1. The molecule has 0 fully saturated rings. The van der Waals surface area contributed by atoms with Gasteiger partial charge in [0.2, 0.25) is 5.91 Å². The highest BCUT2D eigenvalue weighted by atomic mass is 32.3. The minimum Gasteiger partial charge on any atom is -0.345 e. The van der Waals surface area contributed by atoms with Crippen molar-refractivity contribution < 1.29 is 29.8 Å². The summed E-state index contributed by atoms with van der Waals surface area (Å²) in [6.45, 7) is 1.99. The van der Waals surface area contributed by atoms with E-state index in [1.807, 2.05) is 0 Å². The van der Waals surface area contributed by atoms with E-state index in [2.05, 4.69) is 10.6 Å². The molecule has 0 aromatic heterocycles. The highest BCUT2D eigenvalue weighted by Gasteiger charge is 2.21. The predicted molar refractivity (Wildman–Crippen MR) is 95.9 cm³/mol. The largest absolute Gasteiger partial charge is 0.412 e. The van der Waals surface area contributed by atoms with Crippen LogP contribution in [-0.4, -0.2) is 51.5 Å². The van der Waals surface area contributed by atoms with E-state index in [0.29, 0.717) is 6.42 Å². The molecule has 0 saturated carbocycles. The zero-order chi connectivity index (χ0) is 19.3. The van der Waals surface area contributed by atoms with Gasteiger partial charge in [-0.25, -0.2) is 0 Å². The first-order valence-electron chi connectivity index (χ1n) is 8.72. The smallest absolute Gasteiger partial charge is 0.345 e. The first-order valence-corrected chi connectivity index (χ1v) is 11.7. The number of hydrogen-bond donors (Lipinski definition) is 1. The van der Waals surface area contributed by atoms with E-state index in [1.54, 1.807) is 0 Å². The van der Waals surface area contributed by atoms with Gasteiger partial charge in [-0.3, -0.25) is 9.35 Å². The number of rotatable bonds is 15. The molecule has 0 aliphatic rings. The molecule has 10 heteroatoms. The van der Waals surface area contributed by atoms with Crippen LogP contribution in [0.2, 0.25) is 0 Å². The van der Waals surface area contributed by atoms with Crippen LogP contribution in [0.3, 0.4) is 0 Å². The third-order valence-corrected chi connectivity index (χ3v) is 5.99. The Hall–Kier alpha value is -0.710. The minimum absolute atomic E-state index is 0.200. The van der Waals surface area contributed by atoms with Crippen LogP contribution < -0.4 is 0 Å². The van der Waals surface area contributed by atoms with Crippen LogP contribution in [0.15, 0.2) is 0 Å². The van der Waals surface area contributed by atoms with E-state index in [9.17, 15) is 21.6 Å². The Bertz CT molecular complexity index is 573. The fourth-order valence-corrected chi connectivity index (χ4v) is 4.13. The Morgan fingerprint density at radius 2 is 1.40 bits per heavy atom. The Morgan fingerprint density at radius 3 is 1.88 bits per heavy atom. The molecule has 1 amide bonds. The van der Waals surface area contributed by atoms with Gasteiger partial charge in [0.1, 0.15) is 0 Å². The molecule has 0 aliphatic heterocycles. The van der Waals surface area contributed by atoms with Crippen LogP contribution in [-0.2, 0) is 28.9 Å². The molecule has 0 radical (unpaired) electrons. The van der Waals surface area contributed by atoms with E-state index in [-0.39, 0.29) is 12.5 Å². The number of amides is 1. The summed E-state index contributed by atoms with van der Waals surface area (Å²) in [6.07, 6.45) is 10.6. The van der Waals surface area contributed by atoms with E-state index >= 15 is 0 Å². The van der Waals surface area contributed by atoms with Crippen LogP contribution in [0.25, 0.3) is 0 Å². The first kappa shape index (κ1) is 24.3. The van der Waals surface area contributed by atoms with E-state index in [1.165, 1.54) is 50.5 Å². The van der Waals surface area contributed by atoms with Crippen LogP contribution in [0.5, 0.6) is 0 Å². The van der Waals surface area contributed by atoms with Crippen LogP contribution >= 0.6 is 0 Å². The van der Waals surface area contributed by atoms with Gasteiger partial charge in [0.25, 0.3) is 10.1 Å². The molecule has 8 nitrogen and oxygen atoms in total. The molecule has 0 rings (SSSR count). The summed E-state index contributed by atoms with van der Waals surface area (Å²) in [5, 5.41) is 0. The molecule has 1 N–H and O–H groups in total. The SMILES string of the molecule is CCCCCCCCCCCC(=O)N(C)CCS(=O)(=O)OS(=O)(=O)O. The molecular formula is C15H31NO7S2. The van der Waals surface area contributed by atoms with Gasteiger partial charge < -0.3 is 4.90 Å². The fraction of sp³-hybridized carbons (Fsp3) is 0.933. The number of carbonyl (C=O) groups excluding carboxylic acids is 1. The van der Waals surface area contributed by atoms with Crippen molar-refractivity contribution >= 4 is 26.4 Å². The maximum atomic E-state index is 11.9. The van der Waals surface area contributed by atoms with Crippen molar-refractivity contribution in [1.82, 2.24) is 4.90 Å². The molecule has 0 aliphatic carbocycles. The van der Waals surface area contributed by atoms with Crippen molar-refractivity contribution in [1.29, 1.82) is 0 Å². The Kier molecular flexibility index (Phi) is 12.3. The topological polar surface area (TPSA) is 118 Å². The fourth-order valence-electron chi connectivity index (χ4n) is 2.32. The van der Waals surface area contributed by atoms with Crippen LogP contribution in [0.1, 0.15) is 71.1 Å². The maximum absolute atomic E-state index is 11.9. The quantitative estimate of drug-likeness (QED) is 0.331. The monoisotopic (exact) mass is 401 g/mol. The molecule has 0 bridgehead atoms. The van der Waals surface area contributed by atoms with Crippen LogP contribution in [0, 0.1) is 0 Å². The minimum atomic E-state index is -5.07. The number of carbonyl (C=O) groups is 1. The summed E-state index contributed by atoms with van der Waals surface area (Å²) in [5.41, 5.74) is 0. The van der Waals surface area contributed by atoms with Crippen molar-refractivity contribution in [2.75, 3.05) is 19.3 Å². The molecular weight excluding hydrogens is 370 g/mol. The Labute approximate surface area is 152 Å². The number of hydrogen-bond acceptors (Lipinski definition) is 6. The van der Waals surface area contributed by atoms with E-state index in [0.717, 1.165) is 19.3 Å². The second-order valence-electron chi connectivity index (χ2n) is 6.15. The van der Waals surface area contributed by atoms with Gasteiger partial charge in [0, 0.05) is 20.0 Å². The number of nitrogens with zero attached hydrogens (tertiary/aromatic N) is 1. The van der Waals surface area contributed by atoms with Crippen molar-refractivity contribution in [2.24, 2.45) is 0 Å². The van der Waals surface area contributed by atoms with Crippen molar-refractivity contribution in [3.05, 3.63) is 0 Å². The third-order valence-electron chi connectivity index (χ3n) is 3.79. The van der Waals surface area contributed by atoms with Crippen LogP contribution in [0.4, 0.5) is 0 Å². The molecule has 150 valence electrons. The molecule has 0 aromatic rings. The standard InChI is InChI=1S/C15H31NO7S2/c1-3-4-5-6-7-8-9-10-11-12-15(17)16(2)13-14-24(18,19)23-25(20,21)22/h3-14H2,1-2H3,(H,20,21,22). The second kappa shape index (κ2) is 12.6. The van der Waals surface area contributed by atoms with Crippen molar-refractivity contribution in [3.8, 4) is 0 Å². The molecule has 0 aromatic carbocycles. The lowest BCUT2D eigenvalue weighted by Gasteiger charge is -2.16. The summed E-state index contributed by atoms with van der Waals surface area (Å²) in [5.74, 6) is -0.905.